The molecule has 1 saturated heterocycles. The van der Waals surface area contributed by atoms with Crippen LogP contribution in [0.2, 0.25) is 0 Å². The number of fused-ring (bicyclic) bond motifs is 1. The van der Waals surface area contributed by atoms with Crippen molar-refractivity contribution in [3.63, 3.8) is 0 Å². The van der Waals surface area contributed by atoms with Gasteiger partial charge in [0.05, 0.1) is 44.4 Å². The van der Waals surface area contributed by atoms with Gasteiger partial charge in [0.15, 0.2) is 5.65 Å². The van der Waals surface area contributed by atoms with Crippen LogP contribution >= 0.6 is 0 Å². The number of amides is 1. The molecule has 0 radical (unpaired) electrons. The van der Waals surface area contributed by atoms with Crippen LogP contribution in [0, 0.1) is 18.6 Å². The van der Waals surface area contributed by atoms with Gasteiger partial charge in [-0.05, 0) is 74.2 Å². The Kier molecular flexibility index (Phi) is 10.4. The summed E-state index contributed by atoms with van der Waals surface area (Å²) in [4.78, 5) is 33.3. The molecule has 10 heteroatoms. The molecule has 5 rings (SSSR count). The van der Waals surface area contributed by atoms with Crippen molar-refractivity contribution in [3.05, 3.63) is 87.7 Å². The summed E-state index contributed by atoms with van der Waals surface area (Å²) in [5, 5.41) is 2.69. The number of halogens is 2. The molecule has 244 valence electrons. The van der Waals surface area contributed by atoms with E-state index in [4.69, 9.17) is 9.72 Å². The van der Waals surface area contributed by atoms with Gasteiger partial charge >= 0.3 is 0 Å². The third-order valence-electron chi connectivity index (χ3n) is 8.84. The second-order valence-corrected chi connectivity index (χ2v) is 12.9. The number of aromatic nitrogens is 2. The number of aryl methyl sites for hydroxylation is 1. The van der Waals surface area contributed by atoms with Gasteiger partial charge in [0.25, 0.3) is 5.91 Å². The number of unbranched alkanes of at least 4 members (excludes halogenated alkanes) is 4. The number of carbonyl (C=O) groups excluding carboxylic acids is 1. The highest BCUT2D eigenvalue weighted by atomic mass is 19.1. The van der Waals surface area contributed by atoms with Gasteiger partial charge < -0.3 is 19.4 Å². The average Bonchev–Trinajstić information content (AvgIpc) is 3.44. The van der Waals surface area contributed by atoms with Gasteiger partial charge in [-0.25, -0.2) is 13.8 Å². The molecule has 3 heterocycles. The maximum atomic E-state index is 13.8. The van der Waals surface area contributed by atoms with Crippen molar-refractivity contribution in [1.82, 2.24) is 9.55 Å². The van der Waals surface area contributed by atoms with Gasteiger partial charge in [0, 0.05) is 44.9 Å². The maximum Gasteiger partial charge on any atom is 0.261 e. The number of anilines is 2. The summed E-state index contributed by atoms with van der Waals surface area (Å²) in [6.07, 6.45) is 10.0. The third-order valence-corrected chi connectivity index (χ3v) is 8.84. The van der Waals surface area contributed by atoms with Crippen molar-refractivity contribution >= 4 is 28.4 Å². The van der Waals surface area contributed by atoms with E-state index in [1.165, 1.54) is 62.4 Å². The van der Waals surface area contributed by atoms with E-state index < -0.39 is 23.0 Å². The number of benzene rings is 2. The molecule has 4 aromatic rings. The molecule has 1 fully saturated rings. The number of nitrogens with one attached hydrogen (secondary N) is 1. The van der Waals surface area contributed by atoms with Crippen molar-refractivity contribution in [1.29, 1.82) is 0 Å². The summed E-state index contributed by atoms with van der Waals surface area (Å²) < 4.78 is 36.6. The molecule has 1 amide bonds. The number of hydrogen-bond donors (Lipinski definition) is 1. The number of ether oxygens (including phenoxy) is 1. The number of quaternary nitrogens is 1. The average molecular weight is 633 g/mol. The largest absolute Gasteiger partial charge is 0.494 e. The van der Waals surface area contributed by atoms with Crippen LogP contribution in [0.25, 0.3) is 16.7 Å². The highest BCUT2D eigenvalue weighted by Gasteiger charge is 2.25. The smallest absolute Gasteiger partial charge is 0.261 e. The molecule has 0 saturated carbocycles. The number of pyridine rings is 2. The summed E-state index contributed by atoms with van der Waals surface area (Å²) in [5.41, 5.74) is 1.13. The van der Waals surface area contributed by atoms with Gasteiger partial charge in [-0.3, -0.25) is 14.2 Å². The summed E-state index contributed by atoms with van der Waals surface area (Å²) in [5.74, 6) is -1.09. The van der Waals surface area contributed by atoms with Gasteiger partial charge in [-0.2, -0.15) is 0 Å². The van der Waals surface area contributed by atoms with Crippen LogP contribution in [0.1, 0.15) is 60.9 Å². The Morgan fingerprint density at radius 1 is 0.978 bits per heavy atom. The molecule has 0 bridgehead atoms. The topological polar surface area (TPSA) is 76.5 Å². The van der Waals surface area contributed by atoms with Gasteiger partial charge in [0.1, 0.15) is 28.8 Å². The van der Waals surface area contributed by atoms with Crippen LogP contribution in [-0.4, -0.2) is 67.3 Å². The normalized spacial score (nSPS) is 14.0. The molecule has 0 unspecified atom stereocenters. The van der Waals surface area contributed by atoms with Crippen LogP contribution in [0.3, 0.4) is 0 Å². The van der Waals surface area contributed by atoms with Gasteiger partial charge in [-0.15, -0.1) is 0 Å². The summed E-state index contributed by atoms with van der Waals surface area (Å²) in [6.45, 7) is 6.51. The minimum Gasteiger partial charge on any atom is -0.494 e. The maximum absolute atomic E-state index is 13.8. The molecule has 2 aromatic carbocycles. The summed E-state index contributed by atoms with van der Waals surface area (Å²) in [7, 11) is 6.09. The highest BCUT2D eigenvalue weighted by molar-refractivity contribution is 6.05. The lowest BCUT2D eigenvalue weighted by molar-refractivity contribution is -0.897. The molecule has 2 aromatic heterocycles. The fourth-order valence-corrected chi connectivity index (χ4v) is 6.24. The van der Waals surface area contributed by atoms with Crippen molar-refractivity contribution in [3.8, 4) is 11.4 Å². The quantitative estimate of drug-likeness (QED) is 0.129. The Morgan fingerprint density at radius 3 is 2.37 bits per heavy atom. The summed E-state index contributed by atoms with van der Waals surface area (Å²) in [6, 6.07) is 11.7. The minimum absolute atomic E-state index is 0.0926. The molecule has 1 N–H and O–H groups in total. The van der Waals surface area contributed by atoms with Crippen LogP contribution in [-0.2, 0) is 0 Å². The predicted octanol–water partition coefficient (Wildman–Crippen LogP) is 6.86. The first kappa shape index (κ1) is 33.1. The number of rotatable bonds is 13. The Labute approximate surface area is 269 Å². The Hall–Kier alpha value is -4.31. The van der Waals surface area contributed by atoms with E-state index in [9.17, 15) is 18.4 Å². The SMILES string of the molecule is Cc1cc(OCCCCCCC[N+]2(C)CCCC2)ccc1-n1cc(C(=O)Nc2cc(F)cc(F)c2)c(=O)c2ccc(N(C)C)nc21. The van der Waals surface area contributed by atoms with Gasteiger partial charge in [-0.1, -0.05) is 12.8 Å². The molecule has 46 heavy (non-hydrogen) atoms. The van der Waals surface area contributed by atoms with Crippen LogP contribution in [0.4, 0.5) is 20.3 Å². The number of nitrogens with zero attached hydrogens (tertiary/aromatic N) is 4. The van der Waals surface area contributed by atoms with E-state index in [-0.39, 0.29) is 16.6 Å². The van der Waals surface area contributed by atoms with E-state index in [0.29, 0.717) is 29.8 Å². The second kappa shape index (κ2) is 14.4. The van der Waals surface area contributed by atoms with E-state index in [2.05, 4.69) is 12.4 Å². The zero-order valence-electron chi connectivity index (χ0n) is 27.2. The zero-order chi connectivity index (χ0) is 32.8. The van der Waals surface area contributed by atoms with Crippen molar-refractivity contribution in [2.45, 2.75) is 51.9 Å². The Morgan fingerprint density at radius 2 is 1.67 bits per heavy atom. The standard InChI is InChI=1S/C36H43F2N5O3/c1-25-20-29(46-19-11-7-5-6-8-16-43(4)17-9-10-18-43)12-14-32(25)42-24-31(36(45)39-28-22-26(37)21-27(38)23-28)34(44)30-13-15-33(41(2)3)40-35(30)42/h12-15,20-24H,5-11,16-19H2,1-4H3/p+1. The zero-order valence-corrected chi connectivity index (χ0v) is 27.2. The monoisotopic (exact) mass is 632 g/mol. The fourth-order valence-electron chi connectivity index (χ4n) is 6.24. The molecule has 8 nitrogen and oxygen atoms in total. The summed E-state index contributed by atoms with van der Waals surface area (Å²) >= 11 is 0. The minimum atomic E-state index is -0.840. The number of hydrogen-bond acceptors (Lipinski definition) is 5. The fraction of sp³-hybridized carbons (Fsp3) is 0.417. The Bertz CT molecular complexity index is 1740. The van der Waals surface area contributed by atoms with Crippen molar-refractivity contribution in [2.24, 2.45) is 0 Å². The van der Waals surface area contributed by atoms with Crippen molar-refractivity contribution in [2.75, 3.05) is 57.6 Å². The molecule has 1 aliphatic rings. The molecular weight excluding hydrogens is 588 g/mol. The molecule has 0 atom stereocenters. The Balaban J connectivity index is 1.31. The first-order valence-corrected chi connectivity index (χ1v) is 16.1. The lowest BCUT2D eigenvalue weighted by Gasteiger charge is -2.29. The van der Waals surface area contributed by atoms with Gasteiger partial charge in [0.2, 0.25) is 5.43 Å². The second-order valence-electron chi connectivity index (χ2n) is 12.9. The third kappa shape index (κ3) is 7.91. The molecular formula is C36H44F2N5O3+. The van der Waals surface area contributed by atoms with E-state index >= 15 is 0 Å². The van der Waals surface area contributed by atoms with Crippen LogP contribution in [0.5, 0.6) is 5.75 Å². The van der Waals surface area contributed by atoms with Crippen molar-refractivity contribution < 1.29 is 22.8 Å². The first-order chi connectivity index (χ1) is 22.0. The molecule has 0 aliphatic carbocycles. The molecule has 0 spiro atoms. The van der Waals surface area contributed by atoms with E-state index in [0.717, 1.165) is 36.3 Å². The number of likely N-dealkylation sites (tertiary alicyclic amines) is 1. The van der Waals surface area contributed by atoms with E-state index in [1.807, 2.05) is 44.1 Å². The first-order valence-electron chi connectivity index (χ1n) is 16.1. The number of carbonyl (C=O) groups is 1. The highest BCUT2D eigenvalue weighted by Crippen LogP contribution is 2.26. The molecule has 1 aliphatic heterocycles. The van der Waals surface area contributed by atoms with Crippen LogP contribution in [0.15, 0.2) is 59.5 Å². The lowest BCUT2D eigenvalue weighted by Crippen LogP contribution is -2.41. The van der Waals surface area contributed by atoms with E-state index in [1.54, 1.807) is 16.7 Å². The van der Waals surface area contributed by atoms with Crippen LogP contribution < -0.4 is 20.4 Å². The lowest BCUT2D eigenvalue weighted by atomic mass is 10.1. The predicted molar refractivity (Wildman–Crippen MR) is 179 cm³/mol.